The lowest BCUT2D eigenvalue weighted by Crippen LogP contribution is -2.20. The Morgan fingerprint density at radius 3 is 1.30 bits per heavy atom. The summed E-state index contributed by atoms with van der Waals surface area (Å²) in [5.41, 5.74) is 12.0. The molecule has 0 fully saturated rings. The summed E-state index contributed by atoms with van der Waals surface area (Å²) >= 11 is 0. The normalized spacial score (nSPS) is 14.7. The Labute approximate surface area is 292 Å². The van der Waals surface area contributed by atoms with E-state index in [1.807, 2.05) is 145 Å². The third-order valence-corrected chi connectivity index (χ3v) is 5.38. The van der Waals surface area contributed by atoms with E-state index >= 15 is 0 Å². The van der Waals surface area contributed by atoms with Crippen LogP contribution in [0.25, 0.3) is 0 Å². The predicted molar refractivity (Wildman–Crippen MR) is 218 cm³/mol. The molecule has 0 aromatic heterocycles. The minimum atomic E-state index is 0.339. The number of para-hydroxylation sites is 2. The molecule has 3 aromatic carbocycles. The van der Waals surface area contributed by atoms with E-state index in [-0.39, 0.29) is 0 Å². The fourth-order valence-electron chi connectivity index (χ4n) is 3.08. The average Bonchev–Trinajstić information content (AvgIpc) is 3.05. The number of hydrogen-bond donors (Lipinski definition) is 2. The van der Waals surface area contributed by atoms with E-state index in [1.54, 1.807) is 0 Å². The zero-order valence-corrected chi connectivity index (χ0v) is 32.2. The lowest BCUT2D eigenvalue weighted by molar-refractivity contribution is 0.469. The molecule has 4 rings (SSSR count). The number of nitrogens with one attached hydrogen (secondary N) is 1. The number of nitrogens with two attached hydrogens (primary N) is 1. The first kappa shape index (κ1) is 47.5. The maximum atomic E-state index is 5.61. The summed E-state index contributed by atoms with van der Waals surface area (Å²) in [5.74, 6) is 0.759. The lowest BCUT2D eigenvalue weighted by Gasteiger charge is -2.15. The van der Waals surface area contributed by atoms with Crippen molar-refractivity contribution in [3.8, 4) is 0 Å². The van der Waals surface area contributed by atoms with E-state index in [0.29, 0.717) is 11.5 Å². The number of anilines is 2. The molecule has 260 valence electrons. The van der Waals surface area contributed by atoms with E-state index in [0.717, 1.165) is 23.7 Å². The summed E-state index contributed by atoms with van der Waals surface area (Å²) in [7, 11) is 0. The number of allylic oxidation sites excluding steroid dienone is 7. The second kappa shape index (κ2) is 32.1. The van der Waals surface area contributed by atoms with Crippen molar-refractivity contribution in [2.45, 2.75) is 102 Å². The summed E-state index contributed by atoms with van der Waals surface area (Å²) < 4.78 is 0. The van der Waals surface area contributed by atoms with Crippen LogP contribution < -0.4 is 11.1 Å². The predicted octanol–water partition coefficient (Wildman–Crippen LogP) is 14.2. The molecule has 0 bridgehead atoms. The van der Waals surface area contributed by atoms with Gasteiger partial charge in [-0.1, -0.05) is 175 Å². The van der Waals surface area contributed by atoms with Gasteiger partial charge in [-0.25, -0.2) is 0 Å². The van der Waals surface area contributed by atoms with Gasteiger partial charge in [0.25, 0.3) is 0 Å². The molecule has 0 spiro atoms. The van der Waals surface area contributed by atoms with Crippen LogP contribution in [-0.2, 0) is 0 Å². The maximum absolute atomic E-state index is 5.61. The van der Waals surface area contributed by atoms with Gasteiger partial charge in [0.05, 0.1) is 0 Å². The van der Waals surface area contributed by atoms with Gasteiger partial charge >= 0.3 is 0 Å². The molecule has 0 saturated carbocycles. The second-order valence-electron chi connectivity index (χ2n) is 12.9. The molecule has 0 amide bonds. The minimum Gasteiger partial charge on any atom is -0.356 e. The van der Waals surface area contributed by atoms with Crippen LogP contribution in [0.4, 0.5) is 11.4 Å². The van der Waals surface area contributed by atoms with Crippen LogP contribution in [0.15, 0.2) is 157 Å². The third kappa shape index (κ3) is 42.1. The Hall–Kier alpha value is -3.88. The van der Waals surface area contributed by atoms with E-state index in [1.165, 1.54) is 23.1 Å². The molecule has 2 nitrogen and oxygen atoms in total. The number of hydrogen-bond acceptors (Lipinski definition) is 2. The SMILES string of the molecule is C=C(C)C.C=C/C(C)=C\C(C)=C/C.CC.CC(C)(C)C.C[C@H]1C=CC(N)CC1.c1ccc(Nc2ccccc2)cc1.c1ccccc1. The molecule has 1 unspecified atom stereocenters. The lowest BCUT2D eigenvalue weighted by atomic mass is 9.95. The molecule has 2 heteroatoms. The highest BCUT2D eigenvalue weighted by atomic mass is 14.9. The van der Waals surface area contributed by atoms with Gasteiger partial charge < -0.3 is 11.1 Å². The molecule has 0 radical (unpaired) electrons. The van der Waals surface area contributed by atoms with E-state index in [9.17, 15) is 0 Å². The highest BCUT2D eigenvalue weighted by molar-refractivity contribution is 5.58. The Bertz CT molecular complexity index is 1110. The summed E-state index contributed by atoms with van der Waals surface area (Å²) in [5, 5.41) is 3.30. The highest BCUT2D eigenvalue weighted by Gasteiger charge is 2.06. The van der Waals surface area contributed by atoms with Crippen LogP contribution in [0.3, 0.4) is 0 Å². The second-order valence-corrected chi connectivity index (χ2v) is 12.9. The van der Waals surface area contributed by atoms with Crippen molar-refractivity contribution in [3.63, 3.8) is 0 Å². The molecule has 1 aliphatic rings. The van der Waals surface area contributed by atoms with Crippen molar-refractivity contribution in [1.29, 1.82) is 0 Å². The summed E-state index contributed by atoms with van der Waals surface area (Å²) in [4.78, 5) is 0. The fraction of sp³-hybridized carbons (Fsp3) is 0.378. The first-order chi connectivity index (χ1) is 22.2. The molecule has 47 heavy (non-hydrogen) atoms. The van der Waals surface area contributed by atoms with E-state index in [2.05, 4.69) is 84.3 Å². The van der Waals surface area contributed by atoms with Crippen LogP contribution >= 0.6 is 0 Å². The van der Waals surface area contributed by atoms with Crippen molar-refractivity contribution < 1.29 is 0 Å². The minimum absolute atomic E-state index is 0.339. The first-order valence-corrected chi connectivity index (χ1v) is 17.0. The average molecular weight is 639 g/mol. The number of benzene rings is 3. The van der Waals surface area contributed by atoms with Gasteiger partial charge in [-0.05, 0) is 83.1 Å². The summed E-state index contributed by atoms with van der Waals surface area (Å²) in [6.07, 6.45) is 12.8. The molecule has 3 N–H and O–H groups in total. The number of rotatable bonds is 4. The molecular formula is C45H70N2. The largest absolute Gasteiger partial charge is 0.356 e. The third-order valence-electron chi connectivity index (χ3n) is 5.38. The molecule has 2 atom stereocenters. The van der Waals surface area contributed by atoms with E-state index < -0.39 is 0 Å². The highest BCUT2D eigenvalue weighted by Crippen LogP contribution is 2.15. The Morgan fingerprint density at radius 2 is 1.04 bits per heavy atom. The van der Waals surface area contributed by atoms with Gasteiger partial charge in [-0.15, -0.1) is 6.58 Å². The Balaban J connectivity index is -0.000000511. The van der Waals surface area contributed by atoms with Gasteiger partial charge in [0, 0.05) is 17.4 Å². The van der Waals surface area contributed by atoms with Gasteiger partial charge in [0.2, 0.25) is 0 Å². The first-order valence-electron chi connectivity index (χ1n) is 17.0. The molecule has 0 heterocycles. The monoisotopic (exact) mass is 639 g/mol. The molecule has 3 aromatic rings. The summed E-state index contributed by atoms with van der Waals surface area (Å²) in [6.45, 7) is 32.3. The Morgan fingerprint density at radius 1 is 0.702 bits per heavy atom. The zero-order chi connectivity index (χ0) is 36.5. The smallest absolute Gasteiger partial charge is 0.0384 e. The molecule has 0 aliphatic heterocycles. The molecular weight excluding hydrogens is 569 g/mol. The Kier molecular flexibility index (Phi) is 32.4. The zero-order valence-electron chi connectivity index (χ0n) is 32.2. The van der Waals surface area contributed by atoms with Crippen molar-refractivity contribution >= 4 is 11.4 Å². The van der Waals surface area contributed by atoms with Crippen molar-refractivity contribution in [2.24, 2.45) is 17.1 Å². The van der Waals surface area contributed by atoms with Gasteiger partial charge in [0.15, 0.2) is 0 Å². The molecule has 1 aliphatic carbocycles. The van der Waals surface area contributed by atoms with Gasteiger partial charge in [-0.2, -0.15) is 0 Å². The van der Waals surface area contributed by atoms with Crippen LogP contribution in [0.2, 0.25) is 0 Å². The van der Waals surface area contributed by atoms with Gasteiger partial charge in [-0.3, -0.25) is 0 Å². The van der Waals surface area contributed by atoms with Crippen molar-refractivity contribution in [1.82, 2.24) is 0 Å². The quantitative estimate of drug-likeness (QED) is 0.220. The molecule has 0 saturated heterocycles. The van der Waals surface area contributed by atoms with Crippen LogP contribution in [0.5, 0.6) is 0 Å². The van der Waals surface area contributed by atoms with Gasteiger partial charge in [0.1, 0.15) is 0 Å². The van der Waals surface area contributed by atoms with Crippen LogP contribution in [0, 0.1) is 11.3 Å². The standard InChI is InChI=1S/C12H11N.C9H14.C7H13N.C6H6.C5H12.C4H8.C2H6/c1-3-7-11(8-4-1)13-12-9-5-2-6-10-12;1-5-8(3)7-9(4)6-2;1-6-2-4-7(8)5-3-6;1-2-4-6-5-3-1;1-5(2,3)4;1-4(2)3;1-2/h1-10,13H;5-7H,1H2,2-4H3;2,4,6-7H,3,5,8H2,1H3;1-6H;1-4H3;1H2,2-3H3;1-2H3/b;8-7-,9-6-;;;;;/t;;6-,7?;;;;/m..0..../s1. The van der Waals surface area contributed by atoms with Crippen molar-refractivity contribution in [2.75, 3.05) is 5.32 Å². The summed E-state index contributed by atoms with van der Waals surface area (Å²) in [6, 6.07) is 32.6. The van der Waals surface area contributed by atoms with E-state index in [4.69, 9.17) is 5.73 Å². The fourth-order valence-corrected chi connectivity index (χ4v) is 3.08. The maximum Gasteiger partial charge on any atom is 0.0384 e. The topological polar surface area (TPSA) is 38.0 Å². The van der Waals surface area contributed by atoms with Crippen molar-refractivity contribution in [3.05, 3.63) is 157 Å². The van der Waals surface area contributed by atoms with Crippen LogP contribution in [0.1, 0.15) is 95.9 Å². The van der Waals surface area contributed by atoms with Crippen LogP contribution in [-0.4, -0.2) is 6.04 Å².